The Kier molecular flexibility index (Phi) is 18.6. The number of hydrogen-bond acceptors (Lipinski definition) is 11. The molecule has 0 spiro atoms. The molecule has 16 heteroatoms. The molecule has 8 rings (SSSR count). The van der Waals surface area contributed by atoms with Crippen LogP contribution in [0.25, 0.3) is 11.3 Å². The van der Waals surface area contributed by atoms with Gasteiger partial charge < -0.3 is 34.9 Å². The third-order valence-corrected chi connectivity index (χ3v) is 15.2. The van der Waals surface area contributed by atoms with Crippen LogP contribution in [0, 0.1) is 12.3 Å². The zero-order valence-electron chi connectivity index (χ0n) is 45.8. The molecule has 408 valence electrons. The summed E-state index contributed by atoms with van der Waals surface area (Å²) in [6, 6.07) is 21.3. The number of allylic oxidation sites excluding steroid dienone is 8. The van der Waals surface area contributed by atoms with Gasteiger partial charge in [-0.1, -0.05) is 106 Å². The van der Waals surface area contributed by atoms with Crippen LogP contribution in [0.1, 0.15) is 139 Å². The van der Waals surface area contributed by atoms with Gasteiger partial charge in [0.25, 0.3) is 0 Å². The monoisotopic (exact) mass is 1070 g/mol. The Morgan fingerprint density at radius 2 is 1.56 bits per heavy atom. The molecule has 4 unspecified atom stereocenters. The van der Waals surface area contributed by atoms with E-state index in [2.05, 4.69) is 77.4 Å². The lowest BCUT2D eigenvalue weighted by atomic mass is 9.85. The van der Waals surface area contributed by atoms with Crippen LogP contribution in [0.15, 0.2) is 112 Å². The smallest absolute Gasteiger partial charge is 0.246 e. The zero-order valence-corrected chi connectivity index (χ0v) is 46.5. The highest BCUT2D eigenvalue weighted by Gasteiger charge is 2.44. The minimum atomic E-state index is -0.951. The van der Waals surface area contributed by atoms with Gasteiger partial charge in [-0.2, -0.15) is 0 Å². The van der Waals surface area contributed by atoms with Gasteiger partial charge in [0.2, 0.25) is 17.7 Å². The number of aliphatic imine (C=N–C) groups is 1. The SMILES string of the molecule is CC1=C(c2ccc(CNC(=O)C3C[C@@H](O)CN3C(=O)C(NC(=O)COCCCOCCCOc3ccc(C(C)CC(=O)CC4N=C(c5ccc(Cl)cc5)C5=C(CC(C)=C5C)n5c(C)nnc54)cc3)C(C)(C)C)cc2)CC=C1. The largest absolute Gasteiger partial charge is 0.494 e. The number of aryl methyl sites for hydroxylation is 1. The summed E-state index contributed by atoms with van der Waals surface area (Å²) in [7, 11) is 0. The van der Waals surface area contributed by atoms with Gasteiger partial charge in [0.05, 0.1) is 18.4 Å². The number of halogens is 1. The van der Waals surface area contributed by atoms with Crippen molar-refractivity contribution in [3.05, 3.63) is 146 Å². The van der Waals surface area contributed by atoms with Crippen molar-refractivity contribution in [3.8, 4) is 5.75 Å². The van der Waals surface area contributed by atoms with Crippen molar-refractivity contribution in [2.75, 3.05) is 39.6 Å². The van der Waals surface area contributed by atoms with Gasteiger partial charge in [0, 0.05) is 86.9 Å². The van der Waals surface area contributed by atoms with E-state index in [1.807, 2.05) is 88.4 Å². The predicted octanol–water partition coefficient (Wildman–Crippen LogP) is 9.62. The maximum Gasteiger partial charge on any atom is 0.246 e. The predicted molar refractivity (Wildman–Crippen MR) is 299 cm³/mol. The Morgan fingerprint density at radius 3 is 2.25 bits per heavy atom. The van der Waals surface area contributed by atoms with Crippen molar-refractivity contribution in [2.45, 2.75) is 137 Å². The second-order valence-electron chi connectivity index (χ2n) is 21.9. The highest BCUT2D eigenvalue weighted by Crippen LogP contribution is 2.43. The average Bonchev–Trinajstić information content (AvgIpc) is 4.29. The van der Waals surface area contributed by atoms with E-state index in [-0.39, 0.29) is 56.8 Å². The first-order valence-corrected chi connectivity index (χ1v) is 27.3. The number of benzene rings is 3. The van der Waals surface area contributed by atoms with Crippen molar-refractivity contribution in [1.29, 1.82) is 0 Å². The molecule has 4 aromatic rings. The van der Waals surface area contributed by atoms with E-state index >= 15 is 0 Å². The number of likely N-dealkylation sites (tertiary alicyclic amines) is 1. The number of aliphatic hydroxyl groups is 1. The quantitative estimate of drug-likeness (QED) is 0.0604. The van der Waals surface area contributed by atoms with Gasteiger partial charge in [-0.15, -0.1) is 10.2 Å². The molecular weight excluding hydrogens is 994 g/mol. The Hall–Kier alpha value is -6.52. The van der Waals surface area contributed by atoms with Crippen molar-refractivity contribution >= 4 is 52.1 Å². The summed E-state index contributed by atoms with van der Waals surface area (Å²) in [6.07, 6.45) is 6.96. The maximum absolute atomic E-state index is 14.0. The number of Topliss-reactive ketones (excluding diaryl/α,β-unsaturated/α-hetero) is 1. The van der Waals surface area contributed by atoms with Gasteiger partial charge in [0.1, 0.15) is 42.1 Å². The summed E-state index contributed by atoms with van der Waals surface area (Å²) in [5.41, 5.74) is 11.4. The number of nitrogens with zero attached hydrogens (tertiary/aromatic N) is 5. The molecule has 3 N–H and O–H groups in total. The molecule has 0 bridgehead atoms. The summed E-state index contributed by atoms with van der Waals surface area (Å²) in [5, 5.41) is 26.0. The number of amides is 3. The van der Waals surface area contributed by atoms with Crippen LogP contribution in [0.3, 0.4) is 0 Å². The second kappa shape index (κ2) is 25.3. The summed E-state index contributed by atoms with van der Waals surface area (Å²) in [4.78, 5) is 61.1. The highest BCUT2D eigenvalue weighted by atomic mass is 35.5. The van der Waals surface area contributed by atoms with Gasteiger partial charge >= 0.3 is 0 Å². The third kappa shape index (κ3) is 14.0. The number of aliphatic hydroxyl groups excluding tert-OH is 1. The van der Waals surface area contributed by atoms with Crippen LogP contribution in [0.4, 0.5) is 0 Å². The van der Waals surface area contributed by atoms with E-state index in [0.29, 0.717) is 49.9 Å². The van der Waals surface area contributed by atoms with Crippen LogP contribution in [-0.2, 0) is 35.2 Å². The molecular formula is C61H74ClN7O8. The summed E-state index contributed by atoms with van der Waals surface area (Å²) in [5.74, 6) is 1.01. The molecule has 15 nitrogen and oxygen atoms in total. The molecule has 1 aromatic heterocycles. The van der Waals surface area contributed by atoms with Gasteiger partial charge in [-0.05, 0) is 110 Å². The van der Waals surface area contributed by atoms with Crippen LogP contribution < -0.4 is 15.4 Å². The molecule has 3 aromatic carbocycles. The third-order valence-electron chi connectivity index (χ3n) is 14.9. The van der Waals surface area contributed by atoms with E-state index in [9.17, 15) is 24.3 Å². The van der Waals surface area contributed by atoms with Crippen molar-refractivity contribution in [2.24, 2.45) is 10.4 Å². The Balaban J connectivity index is 0.718. The Morgan fingerprint density at radius 1 is 0.870 bits per heavy atom. The number of ether oxygens (including phenoxy) is 3. The molecule has 1 saturated heterocycles. The van der Waals surface area contributed by atoms with Gasteiger partial charge in [0.15, 0.2) is 5.82 Å². The number of nitrogens with one attached hydrogen (secondary N) is 2. The zero-order chi connectivity index (χ0) is 55.0. The first kappa shape index (κ1) is 56.7. The lowest BCUT2D eigenvalue weighted by Crippen LogP contribution is -2.58. The number of aromatic nitrogens is 3. The van der Waals surface area contributed by atoms with Crippen LogP contribution >= 0.6 is 11.6 Å². The van der Waals surface area contributed by atoms with Crippen LogP contribution in [0.5, 0.6) is 5.75 Å². The standard InChI is InChI=1S/C61H74ClN7O8/c1-37-12-9-13-50(37)44-16-14-42(15-17-44)34-63-59(73)53-33-48(71)35-68(53)60(74)57(61(6,7)8)65-54(72)36-76-28-10-26-75-27-11-29-77-49-24-20-43(21-25-49)39(3)30-47(70)32-51-58-67-66-41(5)69(58)52-31-38(2)40(4)55(52)56(64-51)45-18-22-46(62)23-19-45/h9,12,14-25,39,48,51,53,57,71H,10-11,13,26-36H2,1-8H3,(H,63,73)(H,65,72)/t39?,48-,51?,53?,57?/m1/s1. The fourth-order valence-electron chi connectivity index (χ4n) is 10.5. The van der Waals surface area contributed by atoms with Crippen molar-refractivity contribution in [1.82, 2.24) is 30.3 Å². The molecule has 3 heterocycles. The molecule has 0 radical (unpaired) electrons. The molecule has 2 aliphatic heterocycles. The minimum absolute atomic E-state index is 0.00541. The van der Waals surface area contributed by atoms with Gasteiger partial charge in [-0.25, -0.2) is 0 Å². The summed E-state index contributed by atoms with van der Waals surface area (Å²) in [6.45, 7) is 17.6. The van der Waals surface area contributed by atoms with E-state index in [1.54, 1.807) is 0 Å². The number of fused-ring (bicyclic) bond motifs is 2. The molecule has 1 fully saturated rings. The Labute approximate surface area is 457 Å². The minimum Gasteiger partial charge on any atom is -0.494 e. The number of carbonyl (C=O) groups excluding carboxylic acids is 4. The lowest BCUT2D eigenvalue weighted by Gasteiger charge is -2.35. The molecule has 2 aliphatic carbocycles. The normalized spacial score (nSPS) is 19.0. The van der Waals surface area contributed by atoms with E-state index in [1.165, 1.54) is 27.2 Å². The summed E-state index contributed by atoms with van der Waals surface area (Å²) >= 11 is 6.28. The summed E-state index contributed by atoms with van der Waals surface area (Å²) < 4.78 is 19.5. The topological polar surface area (TPSA) is 187 Å². The highest BCUT2D eigenvalue weighted by molar-refractivity contribution is 6.31. The van der Waals surface area contributed by atoms with E-state index in [0.717, 1.165) is 63.7 Å². The van der Waals surface area contributed by atoms with E-state index in [4.69, 9.17) is 30.8 Å². The van der Waals surface area contributed by atoms with Crippen LogP contribution in [0.2, 0.25) is 5.02 Å². The van der Waals surface area contributed by atoms with Gasteiger partial charge in [-0.3, -0.25) is 28.7 Å². The first-order valence-electron chi connectivity index (χ1n) is 26.9. The van der Waals surface area contributed by atoms with Crippen molar-refractivity contribution < 1.29 is 38.5 Å². The Bertz CT molecular complexity index is 2970. The fraction of sp³-hybridized carbons (Fsp3) is 0.459. The number of carbonyl (C=O) groups is 4. The molecule has 77 heavy (non-hydrogen) atoms. The molecule has 5 atom stereocenters. The maximum atomic E-state index is 14.0. The van der Waals surface area contributed by atoms with Crippen molar-refractivity contribution in [3.63, 3.8) is 0 Å². The second-order valence-corrected chi connectivity index (χ2v) is 22.4. The molecule has 3 amide bonds. The lowest BCUT2D eigenvalue weighted by molar-refractivity contribution is -0.144. The number of ketones is 1. The first-order chi connectivity index (χ1) is 36.9. The average molecular weight is 1070 g/mol. The number of hydrogen-bond donors (Lipinski definition) is 3. The van der Waals surface area contributed by atoms with Crippen LogP contribution in [-0.4, -0.2) is 112 Å². The molecule has 0 saturated carbocycles. The number of rotatable bonds is 23. The number of β-amino-alcohol motifs (C(OH)–C–C–N with tert-alkyl or cyclic N) is 1. The fourth-order valence-corrected chi connectivity index (χ4v) is 10.6. The van der Waals surface area contributed by atoms with E-state index < -0.39 is 41.5 Å². The molecule has 4 aliphatic rings.